The number of aromatic nitrogens is 1. The van der Waals surface area contributed by atoms with Gasteiger partial charge < -0.3 is 15.7 Å². The number of anilines is 2. The third kappa shape index (κ3) is 4.65. The lowest BCUT2D eigenvalue weighted by Gasteiger charge is -2.18. The lowest BCUT2D eigenvalue weighted by atomic mass is 10.1. The molecule has 0 atom stereocenters. The van der Waals surface area contributed by atoms with Crippen molar-refractivity contribution in [3.8, 4) is 0 Å². The molecule has 1 heterocycles. The van der Waals surface area contributed by atoms with Gasteiger partial charge in [-0.1, -0.05) is 6.07 Å². The van der Waals surface area contributed by atoms with Gasteiger partial charge in [0, 0.05) is 13.1 Å². The summed E-state index contributed by atoms with van der Waals surface area (Å²) in [6.07, 6.45) is 0. The topological polar surface area (TPSA) is 57.2 Å². The quantitative estimate of drug-likeness (QED) is 0.691. The molecule has 4 nitrogen and oxygen atoms in total. The van der Waals surface area contributed by atoms with Crippen molar-refractivity contribution < 1.29 is 5.11 Å². The average molecular weight is 209 g/mol. The highest BCUT2D eigenvalue weighted by molar-refractivity contribution is 5.45. The van der Waals surface area contributed by atoms with Gasteiger partial charge in [0.15, 0.2) is 0 Å². The molecule has 0 saturated heterocycles. The van der Waals surface area contributed by atoms with Crippen LogP contribution in [-0.2, 0) is 0 Å². The summed E-state index contributed by atoms with van der Waals surface area (Å²) in [6, 6.07) is 5.73. The molecule has 0 radical (unpaired) electrons. The number of hydrogen-bond donors (Lipinski definition) is 3. The first-order valence-electron chi connectivity index (χ1n) is 5.18. The Kier molecular flexibility index (Phi) is 3.91. The van der Waals surface area contributed by atoms with E-state index < -0.39 is 5.60 Å². The number of pyridine rings is 1. The molecule has 0 saturated carbocycles. The molecule has 84 valence electrons. The van der Waals surface area contributed by atoms with E-state index in [1.54, 1.807) is 13.8 Å². The first kappa shape index (κ1) is 11.8. The standard InChI is InChI=1S/C11H19N3O/c1-4-12-9-6-5-7-10(14-9)13-8-11(2,3)15/h5-7,15H,4,8H2,1-3H3,(H2,12,13,14). The maximum atomic E-state index is 9.55. The highest BCUT2D eigenvalue weighted by Crippen LogP contribution is 2.10. The van der Waals surface area contributed by atoms with Gasteiger partial charge in [-0.3, -0.25) is 0 Å². The molecule has 0 fully saturated rings. The zero-order valence-electron chi connectivity index (χ0n) is 9.54. The molecule has 0 unspecified atom stereocenters. The van der Waals surface area contributed by atoms with E-state index in [4.69, 9.17) is 0 Å². The molecule has 0 spiro atoms. The molecule has 1 rings (SSSR count). The van der Waals surface area contributed by atoms with E-state index in [1.807, 2.05) is 25.1 Å². The van der Waals surface area contributed by atoms with E-state index in [0.717, 1.165) is 18.2 Å². The van der Waals surface area contributed by atoms with Crippen LogP contribution in [0, 0.1) is 0 Å². The van der Waals surface area contributed by atoms with Gasteiger partial charge in [-0.05, 0) is 32.9 Å². The minimum Gasteiger partial charge on any atom is -0.389 e. The summed E-state index contributed by atoms with van der Waals surface area (Å²) in [4.78, 5) is 4.33. The Morgan fingerprint density at radius 3 is 2.40 bits per heavy atom. The maximum absolute atomic E-state index is 9.55. The van der Waals surface area contributed by atoms with E-state index in [-0.39, 0.29) is 0 Å². The molecule has 0 aliphatic carbocycles. The second-order valence-electron chi connectivity index (χ2n) is 4.10. The van der Waals surface area contributed by atoms with Crippen molar-refractivity contribution in [3.63, 3.8) is 0 Å². The van der Waals surface area contributed by atoms with Gasteiger partial charge in [0.2, 0.25) is 0 Å². The van der Waals surface area contributed by atoms with Crippen molar-refractivity contribution in [1.29, 1.82) is 0 Å². The van der Waals surface area contributed by atoms with Gasteiger partial charge in [0.25, 0.3) is 0 Å². The van der Waals surface area contributed by atoms with Crippen LogP contribution in [0.4, 0.5) is 11.6 Å². The largest absolute Gasteiger partial charge is 0.389 e. The van der Waals surface area contributed by atoms with Gasteiger partial charge in [-0.25, -0.2) is 4.98 Å². The van der Waals surface area contributed by atoms with Crippen LogP contribution in [0.15, 0.2) is 18.2 Å². The highest BCUT2D eigenvalue weighted by Gasteiger charge is 2.11. The van der Waals surface area contributed by atoms with Crippen molar-refractivity contribution in [2.45, 2.75) is 26.4 Å². The van der Waals surface area contributed by atoms with Crippen LogP contribution in [0.3, 0.4) is 0 Å². The molecule has 4 heteroatoms. The molecular weight excluding hydrogens is 190 g/mol. The van der Waals surface area contributed by atoms with Gasteiger partial charge in [0.05, 0.1) is 5.60 Å². The molecule has 0 amide bonds. The summed E-state index contributed by atoms with van der Waals surface area (Å²) in [5.74, 6) is 1.62. The van der Waals surface area contributed by atoms with E-state index in [1.165, 1.54) is 0 Å². The Morgan fingerprint density at radius 1 is 1.27 bits per heavy atom. The SMILES string of the molecule is CCNc1cccc(NCC(C)(C)O)n1. The Hall–Kier alpha value is -1.29. The molecule has 3 N–H and O–H groups in total. The summed E-state index contributed by atoms with van der Waals surface area (Å²) in [6.45, 7) is 6.87. The molecule has 0 aromatic carbocycles. The van der Waals surface area contributed by atoms with Crippen molar-refractivity contribution >= 4 is 11.6 Å². The Morgan fingerprint density at radius 2 is 1.87 bits per heavy atom. The fourth-order valence-corrected chi connectivity index (χ4v) is 1.12. The Balaban J connectivity index is 2.57. The third-order valence-electron chi connectivity index (χ3n) is 1.81. The maximum Gasteiger partial charge on any atom is 0.128 e. The number of rotatable bonds is 5. The second kappa shape index (κ2) is 4.98. The summed E-state index contributed by atoms with van der Waals surface area (Å²) in [5, 5.41) is 15.8. The van der Waals surface area contributed by atoms with Crippen molar-refractivity contribution in [3.05, 3.63) is 18.2 Å². The van der Waals surface area contributed by atoms with E-state index >= 15 is 0 Å². The predicted molar refractivity (Wildman–Crippen MR) is 63.2 cm³/mol. The zero-order valence-corrected chi connectivity index (χ0v) is 9.54. The number of hydrogen-bond acceptors (Lipinski definition) is 4. The van der Waals surface area contributed by atoms with Crippen LogP contribution in [0.1, 0.15) is 20.8 Å². The first-order valence-corrected chi connectivity index (χ1v) is 5.18. The van der Waals surface area contributed by atoms with Gasteiger partial charge in [-0.2, -0.15) is 0 Å². The smallest absolute Gasteiger partial charge is 0.128 e. The van der Waals surface area contributed by atoms with E-state index in [2.05, 4.69) is 15.6 Å². The van der Waals surface area contributed by atoms with Crippen LogP contribution in [0.25, 0.3) is 0 Å². The lowest BCUT2D eigenvalue weighted by Crippen LogP contribution is -2.29. The van der Waals surface area contributed by atoms with Crippen LogP contribution in [0.2, 0.25) is 0 Å². The summed E-state index contributed by atoms with van der Waals surface area (Å²) in [5.41, 5.74) is -0.726. The zero-order chi connectivity index (χ0) is 11.3. The number of nitrogens with zero attached hydrogens (tertiary/aromatic N) is 1. The third-order valence-corrected chi connectivity index (χ3v) is 1.81. The molecule has 0 aliphatic rings. The average Bonchev–Trinajstić information content (AvgIpc) is 2.15. The molecule has 15 heavy (non-hydrogen) atoms. The minimum absolute atomic E-state index is 0.482. The van der Waals surface area contributed by atoms with E-state index in [9.17, 15) is 5.11 Å². The molecular formula is C11H19N3O. The lowest BCUT2D eigenvalue weighted by molar-refractivity contribution is 0.0944. The highest BCUT2D eigenvalue weighted by atomic mass is 16.3. The summed E-state index contributed by atoms with van der Waals surface area (Å²) < 4.78 is 0. The Bertz CT molecular complexity index is 307. The fraction of sp³-hybridized carbons (Fsp3) is 0.545. The van der Waals surface area contributed by atoms with Gasteiger partial charge in [-0.15, -0.1) is 0 Å². The molecule has 0 aliphatic heterocycles. The number of aliphatic hydroxyl groups is 1. The molecule has 0 bridgehead atoms. The summed E-state index contributed by atoms with van der Waals surface area (Å²) >= 11 is 0. The van der Waals surface area contributed by atoms with E-state index in [0.29, 0.717) is 6.54 Å². The van der Waals surface area contributed by atoms with Crippen molar-refractivity contribution in [2.24, 2.45) is 0 Å². The fourth-order valence-electron chi connectivity index (χ4n) is 1.12. The van der Waals surface area contributed by atoms with Crippen LogP contribution in [0.5, 0.6) is 0 Å². The van der Waals surface area contributed by atoms with Crippen molar-refractivity contribution in [2.75, 3.05) is 23.7 Å². The predicted octanol–water partition coefficient (Wildman–Crippen LogP) is 1.70. The monoisotopic (exact) mass is 209 g/mol. The van der Waals surface area contributed by atoms with Crippen molar-refractivity contribution in [1.82, 2.24) is 4.98 Å². The Labute approximate surface area is 90.7 Å². The molecule has 1 aromatic rings. The van der Waals surface area contributed by atoms with Crippen LogP contribution in [-0.4, -0.2) is 28.8 Å². The van der Waals surface area contributed by atoms with Gasteiger partial charge >= 0.3 is 0 Å². The van der Waals surface area contributed by atoms with Crippen LogP contribution < -0.4 is 10.6 Å². The first-order chi connectivity index (χ1) is 7.01. The normalized spacial score (nSPS) is 11.2. The second-order valence-corrected chi connectivity index (χ2v) is 4.10. The summed E-state index contributed by atoms with van der Waals surface area (Å²) in [7, 11) is 0. The minimum atomic E-state index is -0.726. The molecule has 1 aromatic heterocycles. The van der Waals surface area contributed by atoms with Gasteiger partial charge in [0.1, 0.15) is 11.6 Å². The van der Waals surface area contributed by atoms with Crippen LogP contribution >= 0.6 is 0 Å². The number of nitrogens with one attached hydrogen (secondary N) is 2.